The van der Waals surface area contributed by atoms with Crippen LogP contribution in [0.1, 0.15) is 0 Å². The van der Waals surface area contributed by atoms with E-state index in [0.717, 1.165) is 0 Å². The van der Waals surface area contributed by atoms with Crippen molar-refractivity contribution in [3.8, 4) is 0 Å². The second-order valence-corrected chi connectivity index (χ2v) is 6.22. The normalized spacial score (nSPS) is 11.3. The van der Waals surface area contributed by atoms with E-state index in [9.17, 15) is 60.7 Å². The molecule has 0 fully saturated rings. The zero-order valence-corrected chi connectivity index (χ0v) is 17.8. The molecule has 0 spiro atoms. The summed E-state index contributed by atoms with van der Waals surface area (Å²) < 4.78 is 0. The van der Waals surface area contributed by atoms with Gasteiger partial charge in [0.05, 0.1) is 0 Å². The van der Waals surface area contributed by atoms with Crippen LogP contribution in [0.3, 0.4) is 0 Å². The van der Waals surface area contributed by atoms with Crippen LogP contribution in [0.15, 0.2) is 0 Å². The highest BCUT2D eigenvalue weighted by Crippen LogP contribution is 2.14. The van der Waals surface area contributed by atoms with E-state index in [1.807, 2.05) is 10.6 Å². The van der Waals surface area contributed by atoms with Gasteiger partial charge in [0.15, 0.2) is 42.8 Å². The van der Waals surface area contributed by atoms with E-state index in [1.54, 1.807) is 0 Å². The van der Waals surface area contributed by atoms with Gasteiger partial charge in [0.1, 0.15) is 0 Å². The first-order valence-corrected chi connectivity index (χ1v) is 8.98. The van der Waals surface area contributed by atoms with E-state index in [-0.39, 0.29) is 0 Å². The number of aromatic nitrogens is 8. The molecule has 2 N–H and O–H groups in total. The molecular formula is C8H10N16O14. The molecule has 0 saturated heterocycles. The van der Waals surface area contributed by atoms with Crippen molar-refractivity contribution >= 4 is 11.9 Å². The summed E-state index contributed by atoms with van der Waals surface area (Å²) in [6, 6.07) is 0. The summed E-state index contributed by atoms with van der Waals surface area (Å²) in [5.41, 5.74) is 0. The molecule has 206 valence electrons. The molecule has 38 heavy (non-hydrogen) atoms. The fourth-order valence-electron chi connectivity index (χ4n) is 2.17. The third kappa shape index (κ3) is 5.20. The molecule has 30 nitrogen and oxygen atoms in total. The van der Waals surface area contributed by atoms with Gasteiger partial charge in [-0.2, -0.15) is 0 Å². The third-order valence-electron chi connectivity index (χ3n) is 4.12. The number of nitrogens with zero attached hydrogens (tertiary/aromatic N) is 14. The second kappa shape index (κ2) is 11.0. The first-order valence-electron chi connectivity index (χ1n) is 8.98. The van der Waals surface area contributed by atoms with Gasteiger partial charge in [-0.05, 0) is 30.5 Å². The Bertz CT molecular complexity index is 1070. The molecule has 0 aliphatic heterocycles. The number of hydrogen-bond acceptors (Lipinski definition) is 22. The molecule has 2 heterocycles. The van der Waals surface area contributed by atoms with Gasteiger partial charge in [-0.1, -0.05) is 10.2 Å². The minimum Gasteiger partial charge on any atom is -0.389 e. The topological polar surface area (TPSA) is 389 Å². The number of hydrogen-bond donors (Lipinski definition) is 2. The molecule has 0 atom stereocenters. The molecule has 30 heteroatoms. The first kappa shape index (κ1) is 28.0. The highest BCUT2D eigenvalue weighted by atomic mass is 16.8. The van der Waals surface area contributed by atoms with Gasteiger partial charge < -0.3 is 20.3 Å². The fraction of sp³-hybridized carbons (Fsp3) is 0.750. The second-order valence-electron chi connectivity index (χ2n) is 6.22. The van der Waals surface area contributed by atoms with Crippen molar-refractivity contribution in [1.82, 2.24) is 40.7 Å². The number of anilines is 2. The summed E-state index contributed by atoms with van der Waals surface area (Å²) in [5.74, 6) is -9.03. The van der Waals surface area contributed by atoms with Crippen LogP contribution in [-0.2, 0) is 0 Å². The molecule has 0 aliphatic carbocycles. The maximum atomic E-state index is 11.0. The molecular weight excluding hydrogens is 544 g/mol. The molecule has 0 bridgehead atoms. The monoisotopic (exact) mass is 554 g/mol. The number of rotatable bonds is 17. The van der Waals surface area contributed by atoms with Crippen molar-refractivity contribution in [2.75, 3.05) is 36.9 Å². The first-order chi connectivity index (χ1) is 17.8. The smallest absolute Gasteiger partial charge is 0.389 e. The molecule has 0 aliphatic rings. The number of nitro groups is 6. The van der Waals surface area contributed by atoms with E-state index < -0.39 is 79.3 Å². The van der Waals surface area contributed by atoms with Crippen LogP contribution in [0.4, 0.5) is 11.9 Å². The quantitative estimate of drug-likeness (QED) is 0.0799. The Labute approximate surface area is 202 Å². The predicted molar refractivity (Wildman–Crippen MR) is 103 cm³/mol. The van der Waals surface area contributed by atoms with Crippen molar-refractivity contribution < 1.29 is 39.2 Å². The number of tetrazole rings is 2. The van der Waals surface area contributed by atoms with Gasteiger partial charge in [-0.25, -0.2) is 0 Å². The SMILES string of the molecule is O=[N+]([O-])C(CNc1nnnn1OCCOn1nnnc1NCC([N+](=O)[O-])([N+](=O)[O-])[N+](=O)[O-])([N+](=O)[O-])[N+](=O)[O-]. The summed E-state index contributed by atoms with van der Waals surface area (Å²) in [4.78, 5) is 66.1. The van der Waals surface area contributed by atoms with E-state index in [4.69, 9.17) is 9.68 Å². The van der Waals surface area contributed by atoms with Crippen LogP contribution >= 0.6 is 0 Å². The van der Waals surface area contributed by atoms with Gasteiger partial charge in [-0.15, -0.1) is 0 Å². The standard InChI is InChI=1S/C8H10N16O14/c25-19(26)7(20(27)28,21(29)30)3-9-5-11-13-15-17(5)37-1-2-38-18-6(12-14-16-18)10-4-8(22(31)32,23(33)34)24(35)36/h1-4H2,(H,9,11,15)(H,10,12,16). The van der Waals surface area contributed by atoms with Gasteiger partial charge >= 0.3 is 11.6 Å². The summed E-state index contributed by atoms with van der Waals surface area (Å²) in [5, 5.41) is 88.9. The number of nitrogens with one attached hydrogen (secondary N) is 2. The van der Waals surface area contributed by atoms with Crippen LogP contribution in [-0.4, -0.2) is 108 Å². The molecule has 0 unspecified atom stereocenters. The largest absolute Gasteiger partial charge is 0.717 e. The average Bonchev–Trinajstić information content (AvgIpc) is 3.45. The van der Waals surface area contributed by atoms with Crippen molar-refractivity contribution in [2.45, 2.75) is 11.6 Å². The Balaban J connectivity index is 1.98. The van der Waals surface area contributed by atoms with Gasteiger partial charge in [0, 0.05) is 0 Å². The minimum atomic E-state index is -3.87. The maximum absolute atomic E-state index is 11.0. The van der Waals surface area contributed by atoms with Gasteiger partial charge in [-0.3, -0.25) is 60.7 Å². The summed E-state index contributed by atoms with van der Waals surface area (Å²) >= 11 is 0. The van der Waals surface area contributed by atoms with Crippen LogP contribution in [0.2, 0.25) is 0 Å². The molecule has 0 saturated carbocycles. The Morgan fingerprint density at radius 2 is 0.895 bits per heavy atom. The van der Waals surface area contributed by atoms with E-state index >= 15 is 0 Å². The maximum Gasteiger partial charge on any atom is 0.717 e. The van der Waals surface area contributed by atoms with Crippen LogP contribution in [0.25, 0.3) is 0 Å². The molecule has 0 amide bonds. The molecule has 2 rings (SSSR count). The molecule has 2 aromatic heterocycles. The van der Waals surface area contributed by atoms with Crippen molar-refractivity contribution in [3.05, 3.63) is 60.7 Å². The molecule has 2 aromatic rings. The summed E-state index contributed by atoms with van der Waals surface area (Å²) in [6.07, 6.45) is 0. The van der Waals surface area contributed by atoms with E-state index in [2.05, 4.69) is 31.1 Å². The highest BCUT2D eigenvalue weighted by Gasteiger charge is 2.71. The van der Waals surface area contributed by atoms with E-state index in [1.165, 1.54) is 0 Å². The average molecular weight is 554 g/mol. The van der Waals surface area contributed by atoms with Crippen LogP contribution in [0.5, 0.6) is 0 Å². The molecule has 0 radical (unpaired) electrons. The minimum absolute atomic E-state index is 0.409. The van der Waals surface area contributed by atoms with Gasteiger partial charge in [0.2, 0.25) is 13.1 Å². The predicted octanol–water partition coefficient (Wildman–Crippen LogP) is -4.99. The van der Waals surface area contributed by atoms with E-state index in [0.29, 0.717) is 9.69 Å². The molecule has 0 aromatic carbocycles. The van der Waals surface area contributed by atoms with Crippen molar-refractivity contribution in [2.24, 2.45) is 0 Å². The van der Waals surface area contributed by atoms with Gasteiger partial charge in [0.25, 0.3) is 11.9 Å². The lowest BCUT2D eigenvalue weighted by Crippen LogP contribution is -2.58. The lowest BCUT2D eigenvalue weighted by Gasteiger charge is -2.11. The van der Waals surface area contributed by atoms with Crippen molar-refractivity contribution in [3.63, 3.8) is 0 Å². The van der Waals surface area contributed by atoms with Crippen LogP contribution in [0, 0.1) is 60.7 Å². The highest BCUT2D eigenvalue weighted by molar-refractivity contribution is 5.21. The lowest BCUT2D eigenvalue weighted by molar-refractivity contribution is -0.965. The lowest BCUT2D eigenvalue weighted by atomic mass is 10.4. The summed E-state index contributed by atoms with van der Waals surface area (Å²) in [7, 11) is 0. The Morgan fingerprint density at radius 1 is 0.605 bits per heavy atom. The van der Waals surface area contributed by atoms with Crippen molar-refractivity contribution in [1.29, 1.82) is 0 Å². The third-order valence-corrected chi connectivity index (χ3v) is 4.12. The summed E-state index contributed by atoms with van der Waals surface area (Å²) in [6.45, 7) is -4.04. The fourth-order valence-corrected chi connectivity index (χ4v) is 2.17. The Kier molecular flexibility index (Phi) is 8.09. The Morgan fingerprint density at radius 3 is 1.16 bits per heavy atom. The Hall–Kier alpha value is -6.26. The van der Waals surface area contributed by atoms with Crippen LogP contribution < -0.4 is 20.3 Å². The zero-order valence-electron chi connectivity index (χ0n) is 17.8. The zero-order chi connectivity index (χ0) is 28.7.